The Morgan fingerprint density at radius 3 is 2.38 bits per heavy atom. The molecular formula is C23H22N2O. The molecule has 0 aliphatic carbocycles. The first-order valence-electron chi connectivity index (χ1n) is 9.17. The van der Waals surface area contributed by atoms with Crippen molar-refractivity contribution in [2.45, 2.75) is 12.7 Å². The van der Waals surface area contributed by atoms with Crippen LogP contribution in [0.2, 0.25) is 0 Å². The lowest BCUT2D eigenvalue weighted by Gasteiger charge is -2.38. The maximum Gasteiger partial charge on any atom is 0.118 e. The second kappa shape index (κ2) is 6.19. The second-order valence-corrected chi connectivity index (χ2v) is 6.99. The predicted octanol–water partition coefficient (Wildman–Crippen LogP) is 4.70. The summed E-state index contributed by atoms with van der Waals surface area (Å²) in [6.45, 7) is 3.08. The van der Waals surface area contributed by atoms with Gasteiger partial charge in [0, 0.05) is 30.9 Å². The third-order valence-electron chi connectivity index (χ3n) is 5.56. The molecule has 1 atom stereocenters. The van der Waals surface area contributed by atoms with Gasteiger partial charge in [-0.1, -0.05) is 54.6 Å². The molecule has 26 heavy (non-hydrogen) atoms. The first-order valence-corrected chi connectivity index (χ1v) is 9.17. The van der Waals surface area contributed by atoms with Gasteiger partial charge in [-0.05, 0) is 34.9 Å². The van der Waals surface area contributed by atoms with Crippen LogP contribution in [0.25, 0.3) is 11.1 Å². The lowest BCUT2D eigenvalue weighted by atomic mass is 9.91. The van der Waals surface area contributed by atoms with Crippen LogP contribution >= 0.6 is 0 Å². The number of hydrogen-bond donors (Lipinski definition) is 0. The van der Waals surface area contributed by atoms with Crippen LogP contribution in [0.4, 0.5) is 5.69 Å². The summed E-state index contributed by atoms with van der Waals surface area (Å²) in [5.74, 6) is 0.911. The summed E-state index contributed by atoms with van der Waals surface area (Å²) in [7, 11) is 1.71. The van der Waals surface area contributed by atoms with E-state index in [4.69, 9.17) is 4.74 Å². The molecule has 0 spiro atoms. The summed E-state index contributed by atoms with van der Waals surface area (Å²) in [4.78, 5) is 5.14. The average molecular weight is 342 g/mol. The van der Waals surface area contributed by atoms with Crippen molar-refractivity contribution in [1.29, 1.82) is 0 Å². The molecule has 3 heteroatoms. The molecule has 0 bridgehead atoms. The van der Waals surface area contributed by atoms with Crippen LogP contribution in [-0.2, 0) is 6.54 Å². The standard InChI is InChI=1S/C23H22N2O/c1-26-18-12-10-17(11-13-18)16-24-14-15-25-22-9-5-4-7-20(22)19-6-2-3-8-21(19)23(24)25/h2-13,23H,14-16H2,1H3. The molecule has 0 N–H and O–H groups in total. The molecule has 0 radical (unpaired) electrons. The quantitative estimate of drug-likeness (QED) is 0.686. The van der Waals surface area contributed by atoms with Crippen molar-refractivity contribution in [1.82, 2.24) is 4.90 Å². The van der Waals surface area contributed by atoms with Crippen molar-refractivity contribution in [3.05, 3.63) is 83.9 Å². The minimum atomic E-state index is 0.309. The van der Waals surface area contributed by atoms with E-state index in [0.29, 0.717) is 6.17 Å². The molecule has 2 aliphatic rings. The molecular weight excluding hydrogens is 320 g/mol. The Morgan fingerprint density at radius 1 is 0.846 bits per heavy atom. The van der Waals surface area contributed by atoms with Gasteiger partial charge in [0.15, 0.2) is 0 Å². The Bertz CT molecular complexity index is 935. The molecule has 3 aromatic rings. The van der Waals surface area contributed by atoms with Gasteiger partial charge in [0.05, 0.1) is 7.11 Å². The van der Waals surface area contributed by atoms with E-state index in [0.717, 1.165) is 25.4 Å². The number of nitrogens with zero attached hydrogens (tertiary/aromatic N) is 2. The van der Waals surface area contributed by atoms with Gasteiger partial charge < -0.3 is 9.64 Å². The van der Waals surface area contributed by atoms with Gasteiger partial charge in [0.25, 0.3) is 0 Å². The fourth-order valence-electron chi connectivity index (χ4n) is 4.34. The largest absolute Gasteiger partial charge is 0.497 e. The molecule has 2 aliphatic heterocycles. The SMILES string of the molecule is COc1ccc(CN2CCN3c4ccccc4-c4ccccc4C23)cc1. The van der Waals surface area contributed by atoms with Gasteiger partial charge in [-0.3, -0.25) is 4.90 Å². The summed E-state index contributed by atoms with van der Waals surface area (Å²) in [5, 5.41) is 0. The summed E-state index contributed by atoms with van der Waals surface area (Å²) >= 11 is 0. The zero-order valence-corrected chi connectivity index (χ0v) is 14.9. The summed E-state index contributed by atoms with van der Waals surface area (Å²) < 4.78 is 5.29. The number of para-hydroxylation sites is 1. The van der Waals surface area contributed by atoms with Crippen LogP contribution < -0.4 is 9.64 Å². The van der Waals surface area contributed by atoms with E-state index in [1.807, 2.05) is 12.1 Å². The first-order chi connectivity index (χ1) is 12.8. The van der Waals surface area contributed by atoms with E-state index >= 15 is 0 Å². The van der Waals surface area contributed by atoms with Gasteiger partial charge >= 0.3 is 0 Å². The lowest BCUT2D eigenvalue weighted by Crippen LogP contribution is -2.33. The highest BCUT2D eigenvalue weighted by Crippen LogP contribution is 2.47. The van der Waals surface area contributed by atoms with Crippen molar-refractivity contribution >= 4 is 5.69 Å². The maximum atomic E-state index is 5.29. The normalized spacial score (nSPS) is 18.2. The van der Waals surface area contributed by atoms with Crippen LogP contribution in [0, 0.1) is 0 Å². The smallest absolute Gasteiger partial charge is 0.118 e. The maximum absolute atomic E-state index is 5.29. The van der Waals surface area contributed by atoms with Gasteiger partial charge in [0.2, 0.25) is 0 Å². The number of fused-ring (bicyclic) bond motifs is 6. The summed E-state index contributed by atoms with van der Waals surface area (Å²) in [6, 6.07) is 26.1. The van der Waals surface area contributed by atoms with Crippen LogP contribution in [0.3, 0.4) is 0 Å². The molecule has 0 aromatic heterocycles. The Kier molecular flexibility index (Phi) is 3.68. The molecule has 3 nitrogen and oxygen atoms in total. The Hall–Kier alpha value is -2.78. The van der Waals surface area contributed by atoms with Gasteiger partial charge in [0.1, 0.15) is 11.9 Å². The van der Waals surface area contributed by atoms with E-state index in [1.165, 1.54) is 27.9 Å². The minimum Gasteiger partial charge on any atom is -0.497 e. The van der Waals surface area contributed by atoms with Crippen molar-refractivity contribution in [2.75, 3.05) is 25.1 Å². The number of rotatable bonds is 3. The predicted molar refractivity (Wildman–Crippen MR) is 105 cm³/mol. The molecule has 3 aromatic carbocycles. The van der Waals surface area contributed by atoms with E-state index in [1.54, 1.807) is 7.11 Å². The lowest BCUT2D eigenvalue weighted by molar-refractivity contribution is 0.249. The Morgan fingerprint density at radius 2 is 1.58 bits per heavy atom. The highest BCUT2D eigenvalue weighted by Gasteiger charge is 2.38. The van der Waals surface area contributed by atoms with Gasteiger partial charge in [-0.2, -0.15) is 0 Å². The van der Waals surface area contributed by atoms with Crippen LogP contribution in [-0.4, -0.2) is 25.1 Å². The van der Waals surface area contributed by atoms with Crippen molar-refractivity contribution < 1.29 is 4.74 Å². The van der Waals surface area contributed by atoms with E-state index in [-0.39, 0.29) is 0 Å². The zero-order chi connectivity index (χ0) is 17.5. The highest BCUT2D eigenvalue weighted by molar-refractivity contribution is 5.84. The van der Waals surface area contributed by atoms with Gasteiger partial charge in [-0.25, -0.2) is 0 Å². The molecule has 130 valence electrons. The van der Waals surface area contributed by atoms with Crippen LogP contribution in [0.5, 0.6) is 5.75 Å². The fraction of sp³-hybridized carbons (Fsp3) is 0.217. The molecule has 2 heterocycles. The molecule has 0 saturated carbocycles. The van der Waals surface area contributed by atoms with Crippen LogP contribution in [0.1, 0.15) is 17.3 Å². The molecule has 0 amide bonds. The molecule has 1 fully saturated rings. The molecule has 1 unspecified atom stereocenters. The van der Waals surface area contributed by atoms with E-state index in [9.17, 15) is 0 Å². The first kappa shape index (κ1) is 15.5. The fourth-order valence-corrected chi connectivity index (χ4v) is 4.34. The topological polar surface area (TPSA) is 15.7 Å². The number of hydrogen-bond acceptors (Lipinski definition) is 3. The van der Waals surface area contributed by atoms with Crippen molar-refractivity contribution in [3.8, 4) is 16.9 Å². The summed E-state index contributed by atoms with van der Waals surface area (Å²) in [6.07, 6.45) is 0.309. The van der Waals surface area contributed by atoms with E-state index in [2.05, 4.69) is 70.5 Å². The van der Waals surface area contributed by atoms with Crippen LogP contribution in [0.15, 0.2) is 72.8 Å². The molecule has 1 saturated heterocycles. The number of ether oxygens (including phenoxy) is 1. The third-order valence-corrected chi connectivity index (χ3v) is 5.56. The highest BCUT2D eigenvalue weighted by atomic mass is 16.5. The number of anilines is 1. The number of methoxy groups -OCH3 is 1. The Labute approximate surface area is 154 Å². The molecule has 5 rings (SSSR count). The summed E-state index contributed by atoms with van der Waals surface area (Å²) in [5.41, 5.74) is 6.81. The zero-order valence-electron chi connectivity index (χ0n) is 14.9. The van der Waals surface area contributed by atoms with Gasteiger partial charge in [-0.15, -0.1) is 0 Å². The van der Waals surface area contributed by atoms with Crippen molar-refractivity contribution in [2.24, 2.45) is 0 Å². The third kappa shape index (κ3) is 2.39. The van der Waals surface area contributed by atoms with E-state index < -0.39 is 0 Å². The monoisotopic (exact) mass is 342 g/mol. The average Bonchev–Trinajstić information content (AvgIpc) is 3.13. The number of benzene rings is 3. The minimum absolute atomic E-state index is 0.309. The van der Waals surface area contributed by atoms with Crippen molar-refractivity contribution in [3.63, 3.8) is 0 Å². The Balaban J connectivity index is 1.52. The second-order valence-electron chi connectivity index (χ2n) is 6.99.